The quantitative estimate of drug-likeness (QED) is 0.176. The lowest BCUT2D eigenvalue weighted by atomic mass is 9.86. The first-order valence-corrected chi connectivity index (χ1v) is 29.5. The van der Waals surface area contributed by atoms with E-state index in [9.17, 15) is 10.5 Å². The lowest BCUT2D eigenvalue weighted by molar-refractivity contribution is 0.591. The lowest BCUT2D eigenvalue weighted by Crippen LogP contribution is -2.17. The third kappa shape index (κ3) is 6.15. The maximum atomic E-state index is 12.9. The summed E-state index contributed by atoms with van der Waals surface area (Å²) < 4.78 is 14.1. The lowest BCUT2D eigenvalue weighted by Gasteiger charge is -2.27. The smallest absolute Gasteiger partial charge is 0.104 e. The molecular formula is C74H48N6S2. The highest BCUT2D eigenvalue weighted by molar-refractivity contribution is 7.27. The number of hydrogen-bond acceptors (Lipinski definition) is 4. The van der Waals surface area contributed by atoms with E-state index >= 15 is 0 Å². The van der Waals surface area contributed by atoms with E-state index in [0.29, 0.717) is 28.2 Å². The van der Waals surface area contributed by atoms with Crippen molar-refractivity contribution in [3.8, 4) is 34.9 Å². The van der Waals surface area contributed by atoms with Crippen LogP contribution in [0.3, 0.4) is 0 Å². The van der Waals surface area contributed by atoms with Crippen molar-refractivity contribution in [2.75, 3.05) is 0 Å². The van der Waals surface area contributed by atoms with Gasteiger partial charge in [0.15, 0.2) is 0 Å². The molecule has 0 saturated carbocycles. The minimum absolute atomic E-state index is 0.158. The van der Waals surface area contributed by atoms with E-state index in [2.05, 4.69) is 265 Å². The average Bonchev–Trinajstić information content (AvgIpc) is 4.29. The molecule has 82 heavy (non-hydrogen) atoms. The second-order valence-corrected chi connectivity index (χ2v) is 25.2. The number of fused-ring (bicyclic) bond motifs is 20. The first-order chi connectivity index (χ1) is 40.1. The second-order valence-electron chi connectivity index (χ2n) is 23.1. The number of aryl methyl sites for hydroxylation is 2. The second kappa shape index (κ2) is 16.8. The van der Waals surface area contributed by atoms with E-state index in [1.54, 1.807) is 22.7 Å². The molecular weight excluding hydrogens is 1040 g/mol. The fourth-order valence-corrected chi connectivity index (χ4v) is 16.3. The number of aromatic nitrogens is 4. The largest absolute Gasteiger partial charge is 0.306 e. The van der Waals surface area contributed by atoms with Crippen LogP contribution in [-0.4, -0.2) is 18.3 Å². The van der Waals surface area contributed by atoms with Gasteiger partial charge >= 0.3 is 0 Å². The van der Waals surface area contributed by atoms with Crippen LogP contribution in [0.15, 0.2) is 200 Å². The maximum absolute atomic E-state index is 12.9. The molecule has 6 heterocycles. The summed E-state index contributed by atoms with van der Waals surface area (Å²) in [7, 11) is 0. The number of thiophene rings is 2. The van der Waals surface area contributed by atoms with Crippen LogP contribution in [0.5, 0.6) is 0 Å². The molecule has 8 heteroatoms. The van der Waals surface area contributed by atoms with Crippen molar-refractivity contribution in [2.45, 2.75) is 40.0 Å². The fourth-order valence-electron chi connectivity index (χ4n) is 13.9. The SMILES string of the molecule is Cc1cc2c3ccc4c5ccccc5sc4c3n(-c3c(C#N)c(-n4c5ccccc5c5ccccc54)c(-n4c5ccc(C(C)(C)C)cc5c5ccc6c7ccccc7sc6c54)c(-n4c5ccccc5c5ccccc54)c3C#N)c2cc1C. The highest BCUT2D eigenvalue weighted by atomic mass is 32.1. The topological polar surface area (TPSA) is 67.3 Å². The van der Waals surface area contributed by atoms with Crippen LogP contribution in [0.25, 0.3) is 150 Å². The van der Waals surface area contributed by atoms with Gasteiger partial charge in [-0.2, -0.15) is 10.5 Å². The Morgan fingerprint density at radius 2 is 0.707 bits per heavy atom. The molecule has 6 aromatic heterocycles. The molecule has 0 bridgehead atoms. The van der Waals surface area contributed by atoms with Crippen LogP contribution in [-0.2, 0) is 5.41 Å². The number of nitrogens with zero attached hydrogens (tertiary/aromatic N) is 6. The molecule has 0 N–H and O–H groups in total. The summed E-state index contributed by atoms with van der Waals surface area (Å²) in [6.07, 6.45) is 0. The molecule has 0 spiro atoms. The normalized spacial score (nSPS) is 12.4. The summed E-state index contributed by atoms with van der Waals surface area (Å²) in [5.41, 5.74) is 14.5. The van der Waals surface area contributed by atoms with E-state index in [0.717, 1.165) is 119 Å². The minimum atomic E-state index is -0.158. The molecule has 0 atom stereocenters. The molecule has 0 aliphatic carbocycles. The molecule has 0 aliphatic heterocycles. The molecule has 6 nitrogen and oxygen atoms in total. The summed E-state index contributed by atoms with van der Waals surface area (Å²) in [5.74, 6) is 0. The Kier molecular flexibility index (Phi) is 9.61. The Balaban J connectivity index is 1.22. The van der Waals surface area contributed by atoms with Crippen molar-refractivity contribution in [1.82, 2.24) is 18.3 Å². The van der Waals surface area contributed by atoms with E-state index in [1.165, 1.54) is 31.3 Å². The molecule has 386 valence electrons. The fraction of sp³-hybridized carbons (Fsp3) is 0.0811. The van der Waals surface area contributed by atoms with Gasteiger partial charge in [0.25, 0.3) is 0 Å². The van der Waals surface area contributed by atoms with Gasteiger partial charge in [0.2, 0.25) is 0 Å². The monoisotopic (exact) mass is 1080 g/mol. The summed E-state index contributed by atoms with van der Waals surface area (Å²) in [5, 5.41) is 39.1. The Morgan fingerprint density at radius 1 is 0.329 bits per heavy atom. The minimum Gasteiger partial charge on any atom is -0.306 e. The number of hydrogen-bond donors (Lipinski definition) is 0. The van der Waals surface area contributed by atoms with Gasteiger partial charge in [-0.25, -0.2) is 0 Å². The highest BCUT2D eigenvalue weighted by Crippen LogP contribution is 2.52. The van der Waals surface area contributed by atoms with Gasteiger partial charge < -0.3 is 18.3 Å². The highest BCUT2D eigenvalue weighted by Gasteiger charge is 2.36. The Labute approximate surface area is 479 Å². The Bertz CT molecular complexity index is 5550. The predicted molar refractivity (Wildman–Crippen MR) is 347 cm³/mol. The van der Waals surface area contributed by atoms with Crippen LogP contribution < -0.4 is 0 Å². The standard InChI is InChI=1S/C74H48N6S2/c1-41-36-54-50-31-33-53-49-23-11-17-29-65(49)82-73(53)70(50)80(63(54)37-42(41)2)66-56(39-75)67(77-58-24-12-6-18-44(58)45-19-7-13-25-59(45)77)71(68(57(66)40-76)78-60-26-14-8-20-46(60)47-21-9-15-27-61(47)78)79-62-35-30-43(74(3,4)5)38-55(62)51-32-34-52-48-22-10-16-28-64(48)81-72(52)69(51)79/h6-38H,1-5H3. The van der Waals surface area contributed by atoms with Crippen molar-refractivity contribution in [3.63, 3.8) is 0 Å². The van der Waals surface area contributed by atoms with Crippen molar-refractivity contribution in [1.29, 1.82) is 10.5 Å². The predicted octanol–water partition coefficient (Wildman–Crippen LogP) is 20.5. The Hall–Kier alpha value is -9.96. The van der Waals surface area contributed by atoms with Crippen LogP contribution >= 0.6 is 22.7 Å². The summed E-state index contributed by atoms with van der Waals surface area (Å²) in [6.45, 7) is 11.2. The number of para-hydroxylation sites is 4. The van der Waals surface area contributed by atoms with Gasteiger partial charge in [-0.05, 0) is 96.6 Å². The number of rotatable bonds is 4. The van der Waals surface area contributed by atoms with Crippen molar-refractivity contribution >= 4 is 150 Å². The summed E-state index contributed by atoms with van der Waals surface area (Å²) >= 11 is 3.57. The third-order valence-corrected chi connectivity index (χ3v) is 20.1. The van der Waals surface area contributed by atoms with Crippen molar-refractivity contribution in [3.05, 3.63) is 228 Å². The third-order valence-electron chi connectivity index (χ3n) is 17.7. The zero-order valence-electron chi connectivity index (χ0n) is 45.6. The van der Waals surface area contributed by atoms with Gasteiger partial charge in [-0.15, -0.1) is 22.7 Å². The zero-order valence-corrected chi connectivity index (χ0v) is 47.2. The van der Waals surface area contributed by atoms with Gasteiger partial charge in [-0.1, -0.05) is 160 Å². The molecule has 11 aromatic carbocycles. The number of benzene rings is 11. The average molecular weight is 1090 g/mol. The maximum Gasteiger partial charge on any atom is 0.104 e. The molecule has 0 amide bonds. The van der Waals surface area contributed by atoms with E-state index in [4.69, 9.17) is 0 Å². The molecule has 0 fully saturated rings. The molecule has 17 aromatic rings. The van der Waals surface area contributed by atoms with Crippen LogP contribution in [0.1, 0.15) is 48.6 Å². The number of nitriles is 2. The molecule has 17 rings (SSSR count). The summed E-state index contributed by atoms with van der Waals surface area (Å²) in [6, 6.07) is 78.4. The molecule has 0 radical (unpaired) electrons. The summed E-state index contributed by atoms with van der Waals surface area (Å²) in [4.78, 5) is 0. The molecule has 0 saturated heterocycles. The van der Waals surface area contributed by atoms with Gasteiger partial charge in [0, 0.05) is 74.0 Å². The zero-order chi connectivity index (χ0) is 55.0. The van der Waals surface area contributed by atoms with Gasteiger partial charge in [0.1, 0.15) is 23.3 Å². The van der Waals surface area contributed by atoms with Crippen molar-refractivity contribution < 1.29 is 0 Å². The van der Waals surface area contributed by atoms with Crippen LogP contribution in [0.2, 0.25) is 0 Å². The van der Waals surface area contributed by atoms with Crippen LogP contribution in [0.4, 0.5) is 0 Å². The van der Waals surface area contributed by atoms with Crippen molar-refractivity contribution in [2.24, 2.45) is 0 Å². The van der Waals surface area contributed by atoms with Crippen LogP contribution in [0, 0.1) is 36.5 Å². The van der Waals surface area contributed by atoms with E-state index in [1.807, 2.05) is 0 Å². The molecule has 0 unspecified atom stereocenters. The first kappa shape index (κ1) is 46.9. The van der Waals surface area contributed by atoms with E-state index < -0.39 is 0 Å². The molecule has 0 aliphatic rings. The Morgan fingerprint density at radius 3 is 1.16 bits per heavy atom. The van der Waals surface area contributed by atoms with Gasteiger partial charge in [-0.3, -0.25) is 0 Å². The van der Waals surface area contributed by atoms with Gasteiger partial charge in [0.05, 0.1) is 76.3 Å². The van der Waals surface area contributed by atoms with E-state index in [-0.39, 0.29) is 5.41 Å². The first-order valence-electron chi connectivity index (χ1n) is 27.9.